The first-order valence-electron chi connectivity index (χ1n) is 10.2. The van der Waals surface area contributed by atoms with E-state index in [1.54, 1.807) is 0 Å². The first kappa shape index (κ1) is 21.4. The second-order valence-electron chi connectivity index (χ2n) is 7.55. The van der Waals surface area contributed by atoms with Gasteiger partial charge in [0.2, 0.25) is 0 Å². The van der Waals surface area contributed by atoms with E-state index in [-0.39, 0.29) is 6.04 Å². The lowest BCUT2D eigenvalue weighted by molar-refractivity contribution is 0.0169. The number of nitrogens with one attached hydrogen (secondary N) is 1. The summed E-state index contributed by atoms with van der Waals surface area (Å²) in [6.45, 7) is 6.50. The van der Waals surface area contributed by atoms with E-state index >= 15 is 0 Å². The summed E-state index contributed by atoms with van der Waals surface area (Å²) in [6.07, 6.45) is 2.65. The molecule has 2 aliphatic rings. The van der Waals surface area contributed by atoms with Crippen molar-refractivity contribution in [1.29, 1.82) is 0 Å². The molecule has 1 aliphatic heterocycles. The van der Waals surface area contributed by atoms with Gasteiger partial charge in [0.05, 0.1) is 25.9 Å². The Balaban J connectivity index is 1.56. The van der Waals surface area contributed by atoms with Gasteiger partial charge in [0.15, 0.2) is 5.96 Å². The average molecular weight is 409 g/mol. The highest BCUT2D eigenvalue weighted by molar-refractivity contribution is 6.31. The highest BCUT2D eigenvalue weighted by Gasteiger charge is 2.25. The fourth-order valence-electron chi connectivity index (χ4n) is 3.48. The van der Waals surface area contributed by atoms with Crippen molar-refractivity contribution in [2.75, 3.05) is 66.7 Å². The smallest absolute Gasteiger partial charge is 0.193 e. The third-order valence-electron chi connectivity index (χ3n) is 5.40. The summed E-state index contributed by atoms with van der Waals surface area (Å²) in [5.41, 5.74) is 1.14. The van der Waals surface area contributed by atoms with Crippen LogP contribution in [0.15, 0.2) is 29.3 Å². The molecular formula is C21H33ClN4O2. The molecule has 7 heteroatoms. The van der Waals surface area contributed by atoms with E-state index in [0.717, 1.165) is 75.1 Å². The second kappa shape index (κ2) is 11.0. The lowest BCUT2D eigenvalue weighted by Crippen LogP contribution is -2.47. The van der Waals surface area contributed by atoms with Gasteiger partial charge < -0.3 is 19.7 Å². The Hall–Kier alpha value is -1.34. The fraction of sp³-hybridized carbons (Fsp3) is 0.667. The van der Waals surface area contributed by atoms with Gasteiger partial charge >= 0.3 is 0 Å². The van der Waals surface area contributed by atoms with E-state index in [1.165, 1.54) is 12.8 Å². The van der Waals surface area contributed by atoms with E-state index in [9.17, 15) is 0 Å². The summed E-state index contributed by atoms with van der Waals surface area (Å²) < 4.78 is 11.3. The number of aliphatic imine (C=N–C) groups is 1. The minimum atomic E-state index is 0.175. The van der Waals surface area contributed by atoms with Crippen molar-refractivity contribution < 1.29 is 9.47 Å². The molecule has 1 heterocycles. The van der Waals surface area contributed by atoms with Crippen molar-refractivity contribution in [1.82, 2.24) is 15.1 Å². The van der Waals surface area contributed by atoms with Crippen molar-refractivity contribution in [2.45, 2.75) is 18.9 Å². The molecule has 2 fully saturated rings. The second-order valence-corrected chi connectivity index (χ2v) is 7.96. The zero-order chi connectivity index (χ0) is 19.8. The van der Waals surface area contributed by atoms with Crippen molar-refractivity contribution in [3.05, 3.63) is 34.9 Å². The predicted molar refractivity (Wildman–Crippen MR) is 114 cm³/mol. The normalized spacial score (nSPS) is 19.5. The average Bonchev–Trinajstić information content (AvgIpc) is 3.54. The van der Waals surface area contributed by atoms with E-state index < -0.39 is 0 Å². The molecule has 0 aromatic heterocycles. The van der Waals surface area contributed by atoms with E-state index in [4.69, 9.17) is 21.1 Å². The molecule has 0 amide bonds. The number of halogens is 1. The van der Waals surface area contributed by atoms with Crippen LogP contribution in [0.5, 0.6) is 0 Å². The zero-order valence-electron chi connectivity index (χ0n) is 17.1. The third-order valence-corrected chi connectivity index (χ3v) is 5.74. The van der Waals surface area contributed by atoms with Gasteiger partial charge in [-0.05, 0) is 30.4 Å². The molecule has 156 valence electrons. The maximum absolute atomic E-state index is 6.52. The van der Waals surface area contributed by atoms with E-state index in [2.05, 4.69) is 33.2 Å². The maximum atomic E-state index is 6.52. The minimum Gasteiger partial charge on any atom is -0.379 e. The Morgan fingerprint density at radius 2 is 2.11 bits per heavy atom. The number of hydrogen-bond acceptors (Lipinski definition) is 4. The van der Waals surface area contributed by atoms with Gasteiger partial charge in [-0.15, -0.1) is 0 Å². The molecule has 6 nitrogen and oxygen atoms in total. The number of guanidine groups is 1. The van der Waals surface area contributed by atoms with Crippen molar-refractivity contribution in [2.24, 2.45) is 10.9 Å². The molecule has 1 saturated carbocycles. The van der Waals surface area contributed by atoms with Crippen LogP contribution in [0, 0.1) is 5.92 Å². The zero-order valence-corrected chi connectivity index (χ0v) is 17.8. The van der Waals surface area contributed by atoms with Crippen molar-refractivity contribution >= 4 is 17.6 Å². The van der Waals surface area contributed by atoms with E-state index in [1.807, 2.05) is 25.2 Å². The molecule has 1 saturated heterocycles. The molecule has 0 bridgehead atoms. The van der Waals surface area contributed by atoms with Crippen LogP contribution in [0.3, 0.4) is 0 Å². The topological polar surface area (TPSA) is 49.3 Å². The number of rotatable bonds is 9. The van der Waals surface area contributed by atoms with Crippen molar-refractivity contribution in [3.63, 3.8) is 0 Å². The van der Waals surface area contributed by atoms with Crippen LogP contribution in [0.2, 0.25) is 5.02 Å². The first-order valence-corrected chi connectivity index (χ1v) is 10.6. The lowest BCUT2D eigenvalue weighted by atomic mass is 10.0. The summed E-state index contributed by atoms with van der Waals surface area (Å²) in [7, 11) is 3.87. The van der Waals surface area contributed by atoms with Gasteiger partial charge in [-0.1, -0.05) is 29.8 Å². The van der Waals surface area contributed by atoms with Crippen LogP contribution in [0.4, 0.5) is 0 Å². The Morgan fingerprint density at radius 3 is 2.79 bits per heavy atom. The molecule has 1 aliphatic carbocycles. The van der Waals surface area contributed by atoms with Crippen LogP contribution in [0.25, 0.3) is 0 Å². The SMILES string of the molecule is CN=C(NCC(c1ccccc1Cl)N1CCOCC1)N(C)CCOCC1CC1. The number of hydrogen-bond donors (Lipinski definition) is 1. The van der Waals surface area contributed by atoms with Crippen LogP contribution in [-0.4, -0.2) is 82.5 Å². The quantitative estimate of drug-likeness (QED) is 0.386. The Labute approximate surface area is 173 Å². The Bertz CT molecular complexity index is 633. The van der Waals surface area contributed by atoms with E-state index in [0.29, 0.717) is 0 Å². The fourth-order valence-corrected chi connectivity index (χ4v) is 3.75. The molecule has 0 radical (unpaired) electrons. The highest BCUT2D eigenvalue weighted by Crippen LogP contribution is 2.29. The van der Waals surface area contributed by atoms with Gasteiger partial charge in [0, 0.05) is 51.9 Å². The molecule has 3 rings (SSSR count). The number of ether oxygens (including phenoxy) is 2. The van der Waals surface area contributed by atoms with Gasteiger partial charge in [-0.3, -0.25) is 9.89 Å². The highest BCUT2D eigenvalue weighted by atomic mass is 35.5. The van der Waals surface area contributed by atoms with Gasteiger partial charge in [-0.2, -0.15) is 0 Å². The number of likely N-dealkylation sites (N-methyl/N-ethyl adjacent to an activating group) is 1. The van der Waals surface area contributed by atoms with Gasteiger partial charge in [0.25, 0.3) is 0 Å². The number of nitrogens with zero attached hydrogens (tertiary/aromatic N) is 3. The van der Waals surface area contributed by atoms with Crippen LogP contribution >= 0.6 is 11.6 Å². The summed E-state index contributed by atoms with van der Waals surface area (Å²) in [4.78, 5) is 9.00. The largest absolute Gasteiger partial charge is 0.379 e. The third kappa shape index (κ3) is 6.34. The summed E-state index contributed by atoms with van der Waals surface area (Å²) in [6, 6.07) is 8.27. The predicted octanol–water partition coefficient (Wildman–Crippen LogP) is 2.65. The Kier molecular flexibility index (Phi) is 8.40. The number of morpholine rings is 1. The van der Waals surface area contributed by atoms with Crippen molar-refractivity contribution in [3.8, 4) is 0 Å². The Morgan fingerprint density at radius 1 is 1.36 bits per heavy atom. The molecule has 28 heavy (non-hydrogen) atoms. The molecule has 1 atom stereocenters. The lowest BCUT2D eigenvalue weighted by Gasteiger charge is -2.36. The monoisotopic (exact) mass is 408 g/mol. The summed E-state index contributed by atoms with van der Waals surface area (Å²) in [5, 5.41) is 4.34. The molecule has 1 aromatic carbocycles. The summed E-state index contributed by atoms with van der Waals surface area (Å²) >= 11 is 6.52. The number of benzene rings is 1. The molecule has 1 unspecified atom stereocenters. The molecule has 0 spiro atoms. The summed E-state index contributed by atoms with van der Waals surface area (Å²) in [5.74, 6) is 1.67. The first-order chi connectivity index (χ1) is 13.7. The molecule has 1 N–H and O–H groups in total. The van der Waals surface area contributed by atoms with Crippen LogP contribution < -0.4 is 5.32 Å². The van der Waals surface area contributed by atoms with Crippen LogP contribution in [0.1, 0.15) is 24.4 Å². The maximum Gasteiger partial charge on any atom is 0.193 e. The standard InChI is InChI=1S/C21H33ClN4O2/c1-23-21(25(2)9-12-28-16-17-7-8-17)24-15-20(26-10-13-27-14-11-26)18-5-3-4-6-19(18)22/h3-6,17,20H,7-16H2,1-2H3,(H,23,24). The van der Waals surface area contributed by atoms with Gasteiger partial charge in [0.1, 0.15) is 0 Å². The molecular weight excluding hydrogens is 376 g/mol. The molecule has 1 aromatic rings. The van der Waals surface area contributed by atoms with Crippen LogP contribution in [-0.2, 0) is 9.47 Å². The van der Waals surface area contributed by atoms with Gasteiger partial charge in [-0.25, -0.2) is 0 Å². The minimum absolute atomic E-state index is 0.175.